The van der Waals surface area contributed by atoms with Gasteiger partial charge in [0.05, 0.1) is 11.8 Å². The highest BCUT2D eigenvalue weighted by Crippen LogP contribution is 2.36. The third-order valence-corrected chi connectivity index (χ3v) is 3.79. The summed E-state index contributed by atoms with van der Waals surface area (Å²) in [6.07, 6.45) is 5.14. The number of amides is 1. The SMILES string of the molecule is CC1C[C@H](C(=O)NCCn2cccc2)[C@H](C(=O)O)C1. The van der Waals surface area contributed by atoms with Crippen LogP contribution >= 0.6 is 0 Å². The molecule has 1 aromatic rings. The maximum Gasteiger partial charge on any atom is 0.307 e. The maximum atomic E-state index is 12.1. The number of nitrogens with one attached hydrogen (secondary N) is 1. The van der Waals surface area contributed by atoms with Crippen molar-refractivity contribution < 1.29 is 14.7 Å². The van der Waals surface area contributed by atoms with E-state index in [0.717, 1.165) is 0 Å². The van der Waals surface area contributed by atoms with E-state index in [9.17, 15) is 9.59 Å². The van der Waals surface area contributed by atoms with Crippen molar-refractivity contribution in [2.45, 2.75) is 26.3 Å². The summed E-state index contributed by atoms with van der Waals surface area (Å²) in [5.74, 6) is -1.57. The Hall–Kier alpha value is -1.78. The average Bonchev–Trinajstić information content (AvgIpc) is 2.98. The Bertz CT molecular complexity index is 442. The summed E-state index contributed by atoms with van der Waals surface area (Å²) in [7, 11) is 0. The van der Waals surface area contributed by atoms with E-state index in [1.54, 1.807) is 0 Å². The number of carboxylic acids is 1. The zero-order valence-electron chi connectivity index (χ0n) is 11.1. The molecule has 2 rings (SSSR count). The minimum atomic E-state index is -0.852. The number of carbonyl (C=O) groups excluding carboxylic acids is 1. The van der Waals surface area contributed by atoms with Gasteiger partial charge < -0.3 is 15.0 Å². The second-order valence-electron chi connectivity index (χ2n) is 5.34. The Kier molecular flexibility index (Phi) is 4.24. The van der Waals surface area contributed by atoms with Crippen LogP contribution in [-0.4, -0.2) is 28.1 Å². The first kappa shape index (κ1) is 13.6. The second-order valence-corrected chi connectivity index (χ2v) is 5.34. The van der Waals surface area contributed by atoms with Crippen LogP contribution in [0.3, 0.4) is 0 Å². The molecule has 19 heavy (non-hydrogen) atoms. The summed E-state index contributed by atoms with van der Waals surface area (Å²) in [6, 6.07) is 3.86. The first-order chi connectivity index (χ1) is 9.08. The van der Waals surface area contributed by atoms with Crippen molar-refractivity contribution in [2.75, 3.05) is 6.54 Å². The fraction of sp³-hybridized carbons (Fsp3) is 0.571. The number of hydrogen-bond donors (Lipinski definition) is 2. The normalized spacial score (nSPS) is 26.3. The van der Waals surface area contributed by atoms with Crippen molar-refractivity contribution in [2.24, 2.45) is 17.8 Å². The van der Waals surface area contributed by atoms with E-state index in [4.69, 9.17) is 5.11 Å². The van der Waals surface area contributed by atoms with Crippen LogP contribution in [0.4, 0.5) is 0 Å². The molecule has 5 nitrogen and oxygen atoms in total. The molecule has 1 heterocycles. The Morgan fingerprint density at radius 2 is 1.89 bits per heavy atom. The molecule has 0 radical (unpaired) electrons. The van der Waals surface area contributed by atoms with E-state index in [0.29, 0.717) is 31.8 Å². The number of carbonyl (C=O) groups is 2. The smallest absolute Gasteiger partial charge is 0.307 e. The number of aliphatic carboxylic acids is 1. The lowest BCUT2D eigenvalue weighted by Gasteiger charge is -2.15. The van der Waals surface area contributed by atoms with E-state index in [1.165, 1.54) is 0 Å². The van der Waals surface area contributed by atoms with Crippen LogP contribution in [0.1, 0.15) is 19.8 Å². The lowest BCUT2D eigenvalue weighted by Crippen LogP contribution is -2.36. The Balaban J connectivity index is 1.83. The van der Waals surface area contributed by atoms with Crippen molar-refractivity contribution in [1.82, 2.24) is 9.88 Å². The zero-order chi connectivity index (χ0) is 13.8. The third kappa shape index (κ3) is 3.36. The van der Waals surface area contributed by atoms with Crippen molar-refractivity contribution in [1.29, 1.82) is 0 Å². The first-order valence-corrected chi connectivity index (χ1v) is 6.69. The highest BCUT2D eigenvalue weighted by molar-refractivity contribution is 5.85. The van der Waals surface area contributed by atoms with Crippen LogP contribution in [-0.2, 0) is 16.1 Å². The van der Waals surface area contributed by atoms with Crippen LogP contribution in [0.25, 0.3) is 0 Å². The molecule has 3 atom stereocenters. The van der Waals surface area contributed by atoms with Gasteiger partial charge in [-0.1, -0.05) is 6.92 Å². The highest BCUT2D eigenvalue weighted by Gasteiger charge is 2.40. The van der Waals surface area contributed by atoms with Gasteiger partial charge in [-0.3, -0.25) is 9.59 Å². The Labute approximate surface area is 112 Å². The summed E-state index contributed by atoms with van der Waals surface area (Å²) >= 11 is 0. The Morgan fingerprint density at radius 1 is 1.26 bits per heavy atom. The molecule has 0 spiro atoms. The molecular weight excluding hydrogens is 244 g/mol. The van der Waals surface area contributed by atoms with Gasteiger partial charge in [0.1, 0.15) is 0 Å². The molecular formula is C14H20N2O3. The van der Waals surface area contributed by atoms with Gasteiger partial charge in [-0.05, 0) is 30.9 Å². The molecule has 1 aliphatic carbocycles. The second kappa shape index (κ2) is 5.91. The van der Waals surface area contributed by atoms with Gasteiger partial charge >= 0.3 is 5.97 Å². The molecule has 1 fully saturated rings. The lowest BCUT2D eigenvalue weighted by atomic mass is 9.95. The molecule has 5 heteroatoms. The molecule has 0 aliphatic heterocycles. The average molecular weight is 264 g/mol. The van der Waals surface area contributed by atoms with Gasteiger partial charge in [-0.15, -0.1) is 0 Å². The topological polar surface area (TPSA) is 71.3 Å². The van der Waals surface area contributed by atoms with Crippen molar-refractivity contribution >= 4 is 11.9 Å². The van der Waals surface area contributed by atoms with E-state index in [1.807, 2.05) is 36.0 Å². The van der Waals surface area contributed by atoms with Gasteiger partial charge in [0, 0.05) is 25.5 Å². The molecule has 1 unspecified atom stereocenters. The van der Waals surface area contributed by atoms with Crippen molar-refractivity contribution in [3.8, 4) is 0 Å². The Morgan fingerprint density at radius 3 is 2.53 bits per heavy atom. The van der Waals surface area contributed by atoms with E-state index in [2.05, 4.69) is 5.32 Å². The maximum absolute atomic E-state index is 12.1. The minimum absolute atomic E-state index is 0.121. The predicted molar refractivity (Wildman–Crippen MR) is 70.5 cm³/mol. The zero-order valence-corrected chi connectivity index (χ0v) is 11.1. The number of aromatic nitrogens is 1. The van der Waals surface area contributed by atoms with Crippen LogP contribution in [0, 0.1) is 17.8 Å². The standard InChI is InChI=1S/C14H20N2O3/c1-10-8-11(12(9-10)14(18)19)13(17)15-4-7-16-5-2-3-6-16/h2-3,5-6,10-12H,4,7-9H2,1H3,(H,15,17)(H,18,19)/t10?,11-,12+/m0/s1. The van der Waals surface area contributed by atoms with Crippen LogP contribution in [0.5, 0.6) is 0 Å². The molecule has 1 saturated carbocycles. The van der Waals surface area contributed by atoms with Crippen molar-refractivity contribution in [3.63, 3.8) is 0 Å². The molecule has 1 amide bonds. The summed E-state index contributed by atoms with van der Waals surface area (Å²) in [4.78, 5) is 23.2. The van der Waals surface area contributed by atoms with Gasteiger partial charge in [0.15, 0.2) is 0 Å². The molecule has 0 saturated heterocycles. The predicted octanol–water partition coefficient (Wildman–Crippen LogP) is 1.35. The van der Waals surface area contributed by atoms with Crippen LogP contribution in [0.2, 0.25) is 0 Å². The lowest BCUT2D eigenvalue weighted by molar-refractivity contribution is -0.146. The fourth-order valence-corrected chi connectivity index (χ4v) is 2.81. The van der Waals surface area contributed by atoms with Crippen LogP contribution in [0.15, 0.2) is 24.5 Å². The molecule has 2 N–H and O–H groups in total. The van der Waals surface area contributed by atoms with E-state index < -0.39 is 11.9 Å². The van der Waals surface area contributed by atoms with Crippen molar-refractivity contribution in [3.05, 3.63) is 24.5 Å². The first-order valence-electron chi connectivity index (χ1n) is 6.69. The molecule has 1 aliphatic rings. The quantitative estimate of drug-likeness (QED) is 0.843. The molecule has 0 aromatic carbocycles. The largest absolute Gasteiger partial charge is 0.481 e. The van der Waals surface area contributed by atoms with Gasteiger partial charge in [-0.25, -0.2) is 0 Å². The van der Waals surface area contributed by atoms with E-state index in [-0.39, 0.29) is 11.8 Å². The third-order valence-electron chi connectivity index (χ3n) is 3.79. The van der Waals surface area contributed by atoms with Crippen LogP contribution < -0.4 is 5.32 Å². The summed E-state index contributed by atoms with van der Waals surface area (Å²) < 4.78 is 1.98. The fourth-order valence-electron chi connectivity index (χ4n) is 2.81. The molecule has 1 aromatic heterocycles. The molecule has 104 valence electrons. The number of carboxylic acid groups (broad SMARTS) is 1. The number of nitrogens with zero attached hydrogens (tertiary/aromatic N) is 1. The number of rotatable bonds is 5. The van der Waals surface area contributed by atoms with E-state index >= 15 is 0 Å². The van der Waals surface area contributed by atoms with Gasteiger partial charge in [0.2, 0.25) is 5.91 Å². The highest BCUT2D eigenvalue weighted by atomic mass is 16.4. The summed E-state index contributed by atoms with van der Waals surface area (Å²) in [5.41, 5.74) is 0. The van der Waals surface area contributed by atoms with Gasteiger partial charge in [0.25, 0.3) is 0 Å². The summed E-state index contributed by atoms with van der Waals surface area (Å²) in [6.45, 7) is 3.24. The monoisotopic (exact) mass is 264 g/mol. The summed E-state index contributed by atoms with van der Waals surface area (Å²) in [5, 5.41) is 12.0. The number of hydrogen-bond acceptors (Lipinski definition) is 2. The molecule has 0 bridgehead atoms. The minimum Gasteiger partial charge on any atom is -0.481 e. The van der Waals surface area contributed by atoms with Gasteiger partial charge in [-0.2, -0.15) is 0 Å².